The van der Waals surface area contributed by atoms with Crippen molar-refractivity contribution in [3.05, 3.63) is 72.1 Å². The topological polar surface area (TPSA) is 56.7 Å². The minimum atomic E-state index is 0.639. The molecule has 0 aliphatic heterocycles. The van der Waals surface area contributed by atoms with Gasteiger partial charge in [-0.15, -0.1) is 10.2 Å². The quantitative estimate of drug-likeness (QED) is 0.480. The average molecular weight is 362 g/mol. The molecule has 0 spiro atoms. The van der Waals surface area contributed by atoms with E-state index in [0.29, 0.717) is 11.6 Å². The van der Waals surface area contributed by atoms with E-state index in [1.807, 2.05) is 48.0 Å². The van der Waals surface area contributed by atoms with E-state index >= 15 is 0 Å². The Balaban J connectivity index is 1.48. The Morgan fingerprint density at radius 1 is 1.00 bits per heavy atom. The van der Waals surface area contributed by atoms with Crippen molar-refractivity contribution in [3.63, 3.8) is 0 Å². The minimum Gasteiger partial charge on any atom is -0.444 e. The number of hydrogen-bond acceptors (Lipinski definition) is 5. The smallest absolute Gasteiger partial charge is 0.226 e. The molecule has 0 N–H and O–H groups in total. The van der Waals surface area contributed by atoms with Gasteiger partial charge in [0.25, 0.3) is 0 Å². The summed E-state index contributed by atoms with van der Waals surface area (Å²) in [6, 6.07) is 18.2. The van der Waals surface area contributed by atoms with E-state index in [1.165, 1.54) is 5.56 Å². The van der Waals surface area contributed by atoms with Crippen LogP contribution in [-0.4, -0.2) is 19.7 Å². The van der Waals surface area contributed by atoms with Crippen molar-refractivity contribution in [2.75, 3.05) is 0 Å². The summed E-state index contributed by atoms with van der Waals surface area (Å²) in [7, 11) is 1.98. The zero-order valence-corrected chi connectivity index (χ0v) is 15.4. The van der Waals surface area contributed by atoms with Crippen molar-refractivity contribution in [2.24, 2.45) is 7.05 Å². The second-order valence-corrected chi connectivity index (χ2v) is 6.98. The molecule has 0 saturated carbocycles. The van der Waals surface area contributed by atoms with E-state index in [0.717, 1.165) is 27.8 Å². The Bertz CT molecular complexity index is 1020. The largest absolute Gasteiger partial charge is 0.444 e. The number of benzene rings is 2. The third-order valence-corrected chi connectivity index (χ3v) is 5.09. The van der Waals surface area contributed by atoms with Crippen LogP contribution in [0.3, 0.4) is 0 Å². The molecule has 130 valence electrons. The molecule has 26 heavy (non-hydrogen) atoms. The van der Waals surface area contributed by atoms with Crippen LogP contribution in [0.4, 0.5) is 0 Å². The Kier molecular flexibility index (Phi) is 4.58. The van der Waals surface area contributed by atoms with Crippen LogP contribution < -0.4 is 0 Å². The maximum atomic E-state index is 5.59. The van der Waals surface area contributed by atoms with E-state index in [2.05, 4.69) is 40.3 Å². The van der Waals surface area contributed by atoms with Crippen LogP contribution in [-0.2, 0) is 12.8 Å². The first-order chi connectivity index (χ1) is 12.7. The van der Waals surface area contributed by atoms with Crippen LogP contribution >= 0.6 is 11.8 Å². The Morgan fingerprint density at radius 2 is 1.81 bits per heavy atom. The Hall–Kier alpha value is -2.86. The maximum absolute atomic E-state index is 5.59. The molecule has 6 heteroatoms. The maximum Gasteiger partial charge on any atom is 0.226 e. The van der Waals surface area contributed by atoms with Crippen LogP contribution in [0.15, 0.2) is 70.4 Å². The van der Waals surface area contributed by atoms with Gasteiger partial charge in [0.1, 0.15) is 6.26 Å². The van der Waals surface area contributed by atoms with Crippen molar-refractivity contribution in [2.45, 2.75) is 17.8 Å². The first-order valence-corrected chi connectivity index (χ1v) is 9.28. The molecular formula is C20H18N4OS. The number of aryl methyl sites for hydroxylation is 1. The molecule has 2 aromatic carbocycles. The first-order valence-electron chi connectivity index (χ1n) is 8.30. The monoisotopic (exact) mass is 362 g/mol. The standard InChI is InChI=1S/C20H18N4OS/c1-14-7-6-10-16(11-14)18-22-23-20(24(18)2)26-13-17-12-25-19(21-17)15-8-4-3-5-9-15/h3-12H,13H2,1-2H3. The molecule has 4 aromatic rings. The van der Waals surface area contributed by atoms with E-state index in [9.17, 15) is 0 Å². The van der Waals surface area contributed by atoms with Gasteiger partial charge in [-0.1, -0.05) is 53.7 Å². The molecule has 0 radical (unpaired) electrons. The van der Waals surface area contributed by atoms with Gasteiger partial charge in [0, 0.05) is 23.9 Å². The molecule has 0 amide bonds. The molecular weight excluding hydrogens is 344 g/mol. The third kappa shape index (κ3) is 3.41. The number of thioether (sulfide) groups is 1. The average Bonchev–Trinajstić information content (AvgIpc) is 3.28. The summed E-state index contributed by atoms with van der Waals surface area (Å²) in [4.78, 5) is 4.56. The molecule has 0 saturated heterocycles. The number of rotatable bonds is 5. The minimum absolute atomic E-state index is 0.639. The molecule has 0 atom stereocenters. The van der Waals surface area contributed by atoms with E-state index in [1.54, 1.807) is 18.0 Å². The van der Waals surface area contributed by atoms with E-state index < -0.39 is 0 Å². The lowest BCUT2D eigenvalue weighted by Gasteiger charge is -2.04. The molecule has 4 rings (SSSR count). The van der Waals surface area contributed by atoms with Gasteiger partial charge in [-0.3, -0.25) is 0 Å². The predicted octanol–water partition coefficient (Wildman–Crippen LogP) is 4.74. The van der Waals surface area contributed by atoms with Crippen LogP contribution in [0, 0.1) is 6.92 Å². The van der Waals surface area contributed by atoms with Crippen molar-refractivity contribution in [1.29, 1.82) is 0 Å². The Morgan fingerprint density at radius 3 is 2.62 bits per heavy atom. The van der Waals surface area contributed by atoms with Gasteiger partial charge in [-0.2, -0.15) is 0 Å². The summed E-state index contributed by atoms with van der Waals surface area (Å²) in [5, 5.41) is 9.51. The highest BCUT2D eigenvalue weighted by Crippen LogP contribution is 2.26. The van der Waals surface area contributed by atoms with Crippen LogP contribution in [0.2, 0.25) is 0 Å². The molecule has 5 nitrogen and oxygen atoms in total. The fourth-order valence-corrected chi connectivity index (χ4v) is 3.49. The van der Waals surface area contributed by atoms with Crippen LogP contribution in [0.25, 0.3) is 22.8 Å². The van der Waals surface area contributed by atoms with Crippen molar-refractivity contribution in [3.8, 4) is 22.8 Å². The summed E-state index contributed by atoms with van der Waals surface area (Å²) in [5.74, 6) is 2.18. The van der Waals surface area contributed by atoms with E-state index in [-0.39, 0.29) is 0 Å². The van der Waals surface area contributed by atoms with Crippen LogP contribution in [0.1, 0.15) is 11.3 Å². The zero-order chi connectivity index (χ0) is 17.9. The van der Waals surface area contributed by atoms with Crippen molar-refractivity contribution in [1.82, 2.24) is 19.7 Å². The lowest BCUT2D eigenvalue weighted by atomic mass is 10.1. The highest BCUT2D eigenvalue weighted by atomic mass is 32.2. The molecule has 2 aromatic heterocycles. The summed E-state index contributed by atoms with van der Waals surface area (Å²) in [6.45, 7) is 2.07. The predicted molar refractivity (Wildman–Crippen MR) is 103 cm³/mol. The number of aromatic nitrogens is 4. The SMILES string of the molecule is Cc1cccc(-c2nnc(SCc3coc(-c4ccccc4)n3)n2C)c1. The normalized spacial score (nSPS) is 11.0. The summed E-state index contributed by atoms with van der Waals surface area (Å²) < 4.78 is 7.60. The first kappa shape index (κ1) is 16.6. The second-order valence-electron chi connectivity index (χ2n) is 6.03. The van der Waals surface area contributed by atoms with Crippen LogP contribution in [0.5, 0.6) is 0 Å². The third-order valence-electron chi connectivity index (χ3n) is 4.03. The number of nitrogens with zero attached hydrogens (tertiary/aromatic N) is 4. The number of oxazole rings is 1. The Labute approximate surface area is 156 Å². The zero-order valence-electron chi connectivity index (χ0n) is 14.6. The fraction of sp³-hybridized carbons (Fsp3) is 0.150. The van der Waals surface area contributed by atoms with Crippen molar-refractivity contribution >= 4 is 11.8 Å². The molecule has 2 heterocycles. The highest BCUT2D eigenvalue weighted by Gasteiger charge is 2.13. The fourth-order valence-electron chi connectivity index (χ4n) is 2.70. The second kappa shape index (κ2) is 7.17. The van der Waals surface area contributed by atoms with Gasteiger partial charge < -0.3 is 8.98 Å². The summed E-state index contributed by atoms with van der Waals surface area (Å²) >= 11 is 1.60. The highest BCUT2D eigenvalue weighted by molar-refractivity contribution is 7.98. The summed E-state index contributed by atoms with van der Waals surface area (Å²) in [5.41, 5.74) is 4.13. The lowest BCUT2D eigenvalue weighted by Crippen LogP contribution is -1.95. The van der Waals surface area contributed by atoms with Crippen molar-refractivity contribution < 1.29 is 4.42 Å². The lowest BCUT2D eigenvalue weighted by molar-refractivity contribution is 0.573. The van der Waals surface area contributed by atoms with Gasteiger partial charge >= 0.3 is 0 Å². The molecule has 0 aliphatic carbocycles. The summed E-state index contributed by atoms with van der Waals surface area (Å²) in [6.07, 6.45) is 1.70. The molecule has 0 aliphatic rings. The molecule has 0 bridgehead atoms. The number of hydrogen-bond donors (Lipinski definition) is 0. The molecule has 0 fully saturated rings. The van der Waals surface area contributed by atoms with Gasteiger partial charge in [0.2, 0.25) is 5.89 Å². The van der Waals surface area contributed by atoms with Gasteiger partial charge in [-0.25, -0.2) is 4.98 Å². The molecule has 0 unspecified atom stereocenters. The van der Waals surface area contributed by atoms with Gasteiger partial charge in [0.05, 0.1) is 5.69 Å². The van der Waals surface area contributed by atoms with Gasteiger partial charge in [0.15, 0.2) is 11.0 Å². The van der Waals surface area contributed by atoms with E-state index in [4.69, 9.17) is 4.42 Å². The van der Waals surface area contributed by atoms with Gasteiger partial charge in [-0.05, 0) is 25.1 Å².